The third-order valence-electron chi connectivity index (χ3n) is 6.09. The van der Waals surface area contributed by atoms with Gasteiger partial charge < -0.3 is 19.9 Å². The minimum absolute atomic E-state index is 0.431. The Kier molecular flexibility index (Phi) is 5.78. The second kappa shape index (κ2) is 8.88. The Labute approximate surface area is 197 Å². The zero-order valence-corrected chi connectivity index (χ0v) is 19.6. The fourth-order valence-corrected chi connectivity index (χ4v) is 4.40. The lowest BCUT2D eigenvalue weighted by molar-refractivity contribution is 0.315. The number of halogens is 1. The van der Waals surface area contributed by atoms with Crippen LogP contribution in [0.1, 0.15) is 6.42 Å². The monoisotopic (exact) mass is 463 g/mol. The van der Waals surface area contributed by atoms with Gasteiger partial charge in [0.1, 0.15) is 17.1 Å². The lowest BCUT2D eigenvalue weighted by Crippen LogP contribution is -2.31. The van der Waals surface area contributed by atoms with E-state index in [4.69, 9.17) is 16.3 Å². The van der Waals surface area contributed by atoms with E-state index in [2.05, 4.69) is 56.3 Å². The largest absolute Gasteiger partial charge is 0.494 e. The van der Waals surface area contributed by atoms with Crippen molar-refractivity contribution < 1.29 is 4.74 Å². The first-order valence-corrected chi connectivity index (χ1v) is 11.2. The molecule has 1 aliphatic heterocycles. The molecule has 0 spiro atoms. The second-order valence-electron chi connectivity index (χ2n) is 8.32. The van der Waals surface area contributed by atoms with E-state index in [-0.39, 0.29) is 0 Å². The van der Waals surface area contributed by atoms with Crippen molar-refractivity contribution >= 4 is 34.6 Å². The van der Waals surface area contributed by atoms with Crippen molar-refractivity contribution in [3.63, 3.8) is 0 Å². The maximum atomic E-state index is 6.45. The molecule has 0 radical (unpaired) electrons. The minimum atomic E-state index is 0.431. The lowest BCUT2D eigenvalue weighted by atomic mass is 10.2. The summed E-state index contributed by atoms with van der Waals surface area (Å²) in [7, 11) is 5.94. The molecule has 0 saturated carbocycles. The third-order valence-corrected chi connectivity index (χ3v) is 6.37. The highest BCUT2D eigenvalue weighted by Gasteiger charge is 2.24. The van der Waals surface area contributed by atoms with E-state index in [1.54, 1.807) is 19.5 Å². The van der Waals surface area contributed by atoms with Gasteiger partial charge in [-0.05, 0) is 44.8 Å². The molecule has 33 heavy (non-hydrogen) atoms. The molecule has 0 amide bonds. The number of pyridine rings is 1. The average Bonchev–Trinajstić information content (AvgIpc) is 3.48. The molecule has 3 aromatic heterocycles. The number of hydrogen-bond acceptors (Lipinski definition) is 7. The van der Waals surface area contributed by atoms with Crippen molar-refractivity contribution in [3.8, 4) is 17.1 Å². The van der Waals surface area contributed by atoms with Crippen LogP contribution in [-0.2, 0) is 0 Å². The van der Waals surface area contributed by atoms with Gasteiger partial charge in [0.2, 0.25) is 5.95 Å². The van der Waals surface area contributed by atoms with Crippen LogP contribution in [0.15, 0.2) is 55.0 Å². The fraction of sp³-hybridized carbons (Fsp3) is 0.292. The molecule has 1 saturated heterocycles. The zero-order valence-electron chi connectivity index (χ0n) is 18.9. The molecule has 1 fully saturated rings. The standard InChI is InChI=1S/C24H26ClN7O/c1-30(2)17-9-11-31(15-17)16-7-8-19(21(12-16)33-3)28-24-27-13-18(25)23(29-24)20-14-26-22-6-4-5-10-32(20)22/h4-8,10,12-14,17H,9,11,15H2,1-3H3,(H,27,28,29)/t17-/m0/s1. The smallest absolute Gasteiger partial charge is 0.227 e. The molecule has 9 heteroatoms. The molecule has 1 N–H and O–H groups in total. The predicted molar refractivity (Wildman–Crippen MR) is 132 cm³/mol. The third kappa shape index (κ3) is 4.19. The van der Waals surface area contributed by atoms with Gasteiger partial charge in [0.05, 0.1) is 35.9 Å². The minimum Gasteiger partial charge on any atom is -0.494 e. The summed E-state index contributed by atoms with van der Waals surface area (Å²) in [4.78, 5) is 18.2. The highest BCUT2D eigenvalue weighted by Crippen LogP contribution is 2.34. The van der Waals surface area contributed by atoms with Crippen molar-refractivity contribution in [1.29, 1.82) is 0 Å². The van der Waals surface area contributed by atoms with Crippen molar-refractivity contribution in [2.45, 2.75) is 12.5 Å². The fourth-order valence-electron chi connectivity index (χ4n) is 4.21. The molecule has 5 rings (SSSR count). The van der Waals surface area contributed by atoms with Gasteiger partial charge in [-0.1, -0.05) is 17.7 Å². The molecule has 8 nitrogen and oxygen atoms in total. The van der Waals surface area contributed by atoms with Crippen molar-refractivity contribution in [2.24, 2.45) is 0 Å². The number of anilines is 3. The van der Waals surface area contributed by atoms with E-state index >= 15 is 0 Å². The number of likely N-dealkylation sites (N-methyl/N-ethyl adjacent to an activating group) is 1. The first-order valence-electron chi connectivity index (χ1n) is 10.8. The molecule has 0 aliphatic carbocycles. The van der Waals surface area contributed by atoms with Crippen molar-refractivity contribution in [2.75, 3.05) is 44.5 Å². The van der Waals surface area contributed by atoms with E-state index in [1.807, 2.05) is 34.9 Å². The lowest BCUT2D eigenvalue weighted by Gasteiger charge is -2.23. The number of nitrogens with one attached hydrogen (secondary N) is 1. The average molecular weight is 464 g/mol. The number of hydrogen-bond donors (Lipinski definition) is 1. The Balaban J connectivity index is 1.42. The molecule has 4 aromatic rings. The van der Waals surface area contributed by atoms with Gasteiger partial charge in [0.25, 0.3) is 0 Å². The van der Waals surface area contributed by atoms with Gasteiger partial charge in [-0.15, -0.1) is 0 Å². The summed E-state index contributed by atoms with van der Waals surface area (Å²) in [6.07, 6.45) is 6.45. The normalized spacial score (nSPS) is 16.0. The van der Waals surface area contributed by atoms with E-state index < -0.39 is 0 Å². The first-order chi connectivity index (χ1) is 16.0. The maximum absolute atomic E-state index is 6.45. The van der Waals surface area contributed by atoms with E-state index in [9.17, 15) is 0 Å². The Morgan fingerprint density at radius 1 is 1.15 bits per heavy atom. The number of imidazole rings is 1. The van der Waals surface area contributed by atoms with Crippen LogP contribution in [0.2, 0.25) is 5.02 Å². The van der Waals surface area contributed by atoms with Crippen LogP contribution in [0.4, 0.5) is 17.3 Å². The van der Waals surface area contributed by atoms with Crippen LogP contribution < -0.4 is 15.0 Å². The highest BCUT2D eigenvalue weighted by molar-refractivity contribution is 6.32. The molecule has 1 atom stereocenters. The van der Waals surface area contributed by atoms with E-state index in [0.29, 0.717) is 22.7 Å². The van der Waals surface area contributed by atoms with Gasteiger partial charge in [-0.2, -0.15) is 0 Å². The summed E-state index contributed by atoms with van der Waals surface area (Å²) in [5, 5.41) is 3.74. The topological polar surface area (TPSA) is 70.8 Å². The summed E-state index contributed by atoms with van der Waals surface area (Å²) >= 11 is 6.45. The SMILES string of the molecule is COc1cc(N2CC[C@H](N(C)C)C2)ccc1Nc1ncc(Cl)c(-c2cnc3ccccn23)n1. The molecule has 0 bridgehead atoms. The molecule has 4 heterocycles. The van der Waals surface area contributed by atoms with Crippen molar-refractivity contribution in [3.05, 3.63) is 60.0 Å². The summed E-state index contributed by atoms with van der Waals surface area (Å²) in [5.74, 6) is 1.16. The molecular weight excluding hydrogens is 438 g/mol. The Morgan fingerprint density at radius 3 is 2.82 bits per heavy atom. The zero-order chi connectivity index (χ0) is 22.9. The van der Waals surface area contributed by atoms with E-state index in [1.165, 1.54) is 0 Å². The van der Waals surface area contributed by atoms with Crippen LogP contribution in [0, 0.1) is 0 Å². The predicted octanol–water partition coefficient (Wildman–Crippen LogP) is 4.34. The Bertz CT molecular complexity index is 1290. The van der Waals surface area contributed by atoms with Gasteiger partial charge in [0, 0.05) is 37.1 Å². The molecule has 170 valence electrons. The Morgan fingerprint density at radius 2 is 2.03 bits per heavy atom. The maximum Gasteiger partial charge on any atom is 0.227 e. The summed E-state index contributed by atoms with van der Waals surface area (Å²) < 4.78 is 7.63. The quantitative estimate of drug-likeness (QED) is 0.456. The molecule has 0 unspecified atom stereocenters. The number of rotatable bonds is 6. The van der Waals surface area contributed by atoms with Crippen LogP contribution >= 0.6 is 11.6 Å². The first kappa shape index (κ1) is 21.5. The van der Waals surface area contributed by atoms with E-state index in [0.717, 1.165) is 48.0 Å². The Hall–Kier alpha value is -3.36. The van der Waals surface area contributed by atoms with Crippen LogP contribution in [0.3, 0.4) is 0 Å². The second-order valence-corrected chi connectivity index (χ2v) is 8.73. The summed E-state index contributed by atoms with van der Waals surface area (Å²) in [6, 6.07) is 12.5. The number of methoxy groups -OCH3 is 1. The van der Waals surface area contributed by atoms with Gasteiger partial charge >= 0.3 is 0 Å². The highest BCUT2D eigenvalue weighted by atomic mass is 35.5. The molecule has 1 aromatic carbocycles. The van der Waals surface area contributed by atoms with Gasteiger partial charge in [-0.25, -0.2) is 15.0 Å². The van der Waals surface area contributed by atoms with Crippen LogP contribution in [-0.4, -0.2) is 64.6 Å². The van der Waals surface area contributed by atoms with Gasteiger partial charge in [-0.3, -0.25) is 4.40 Å². The van der Waals surface area contributed by atoms with Gasteiger partial charge in [0.15, 0.2) is 0 Å². The van der Waals surface area contributed by atoms with Crippen molar-refractivity contribution in [1.82, 2.24) is 24.3 Å². The van der Waals surface area contributed by atoms with Crippen LogP contribution in [0.25, 0.3) is 17.0 Å². The summed E-state index contributed by atoms with van der Waals surface area (Å²) in [5.41, 5.74) is 4.16. The number of nitrogens with zero attached hydrogens (tertiary/aromatic N) is 6. The van der Waals surface area contributed by atoms with Crippen LogP contribution in [0.5, 0.6) is 5.75 Å². The number of ether oxygens (including phenoxy) is 1. The number of benzene rings is 1. The molecular formula is C24H26ClN7O. The number of aromatic nitrogens is 4. The summed E-state index contributed by atoms with van der Waals surface area (Å²) in [6.45, 7) is 2.04. The number of fused-ring (bicyclic) bond motifs is 1. The molecule has 1 aliphatic rings.